The van der Waals surface area contributed by atoms with Crippen molar-refractivity contribution in [2.75, 3.05) is 6.54 Å². The molecule has 1 aliphatic heterocycles. The zero-order chi connectivity index (χ0) is 5.98. The van der Waals surface area contributed by atoms with E-state index in [1.54, 1.807) is 13.1 Å². The standard InChI is InChI=1S/C5H8N2O/c1-4(8)5-2-6-7-3-5/h2,5,7H,3H2,1H3. The monoisotopic (exact) mass is 112 g/mol. The van der Waals surface area contributed by atoms with Gasteiger partial charge >= 0.3 is 0 Å². The van der Waals surface area contributed by atoms with E-state index in [0.717, 1.165) is 0 Å². The number of hydrogen-bond donors (Lipinski definition) is 1. The normalized spacial score (nSPS) is 25.4. The number of hydrazone groups is 1. The highest BCUT2D eigenvalue weighted by atomic mass is 16.1. The van der Waals surface area contributed by atoms with Gasteiger partial charge in [-0.1, -0.05) is 0 Å². The highest BCUT2D eigenvalue weighted by Gasteiger charge is 2.13. The molecule has 44 valence electrons. The molecule has 0 saturated carbocycles. The molecule has 0 aromatic heterocycles. The van der Waals surface area contributed by atoms with Crippen LogP contribution in [0.1, 0.15) is 6.92 Å². The summed E-state index contributed by atoms with van der Waals surface area (Å²) in [6, 6.07) is 0. The Kier molecular flexibility index (Phi) is 1.28. The van der Waals surface area contributed by atoms with Gasteiger partial charge in [-0.2, -0.15) is 5.10 Å². The van der Waals surface area contributed by atoms with Crippen LogP contribution in [0.5, 0.6) is 0 Å². The van der Waals surface area contributed by atoms with Crippen molar-refractivity contribution in [2.24, 2.45) is 11.0 Å². The van der Waals surface area contributed by atoms with Crippen LogP contribution >= 0.6 is 0 Å². The van der Waals surface area contributed by atoms with Gasteiger partial charge in [-0.05, 0) is 6.92 Å². The zero-order valence-electron chi connectivity index (χ0n) is 4.72. The lowest BCUT2D eigenvalue weighted by atomic mass is 10.1. The second-order valence-electron chi connectivity index (χ2n) is 1.86. The Hall–Kier alpha value is -0.860. The van der Waals surface area contributed by atoms with Crippen LogP contribution < -0.4 is 5.43 Å². The topological polar surface area (TPSA) is 41.5 Å². The van der Waals surface area contributed by atoms with Crippen LogP contribution in [0, 0.1) is 5.92 Å². The Bertz CT molecular complexity index is 130. The summed E-state index contributed by atoms with van der Waals surface area (Å²) in [5.41, 5.74) is 2.70. The van der Waals surface area contributed by atoms with Crippen molar-refractivity contribution >= 4 is 12.0 Å². The molecular weight excluding hydrogens is 104 g/mol. The van der Waals surface area contributed by atoms with Crippen molar-refractivity contribution in [3.8, 4) is 0 Å². The quantitative estimate of drug-likeness (QED) is 0.509. The summed E-state index contributed by atoms with van der Waals surface area (Å²) >= 11 is 0. The molecule has 0 amide bonds. The summed E-state index contributed by atoms with van der Waals surface area (Å²) in [5.74, 6) is 0.203. The number of hydrogen-bond acceptors (Lipinski definition) is 3. The SMILES string of the molecule is CC(=O)C1C=NNC1. The fourth-order valence-electron chi connectivity index (χ4n) is 0.595. The number of rotatable bonds is 1. The van der Waals surface area contributed by atoms with E-state index < -0.39 is 0 Å². The first-order chi connectivity index (χ1) is 3.80. The minimum Gasteiger partial charge on any atom is -0.309 e. The molecule has 3 nitrogen and oxygen atoms in total. The molecular formula is C5H8N2O. The molecule has 1 unspecified atom stereocenters. The third kappa shape index (κ3) is 0.857. The largest absolute Gasteiger partial charge is 0.309 e. The number of nitrogens with zero attached hydrogens (tertiary/aromatic N) is 1. The van der Waals surface area contributed by atoms with E-state index in [1.165, 1.54) is 0 Å². The van der Waals surface area contributed by atoms with Gasteiger partial charge in [-0.25, -0.2) is 0 Å². The molecule has 0 aromatic carbocycles. The van der Waals surface area contributed by atoms with Crippen LogP contribution in [-0.4, -0.2) is 18.5 Å². The molecule has 0 saturated heterocycles. The van der Waals surface area contributed by atoms with Gasteiger partial charge in [0.25, 0.3) is 0 Å². The summed E-state index contributed by atoms with van der Waals surface area (Å²) in [4.78, 5) is 10.5. The van der Waals surface area contributed by atoms with E-state index in [4.69, 9.17) is 0 Å². The fourth-order valence-corrected chi connectivity index (χ4v) is 0.595. The summed E-state index contributed by atoms with van der Waals surface area (Å²) in [5, 5.41) is 3.69. The lowest BCUT2D eigenvalue weighted by molar-refractivity contribution is -0.118. The predicted molar refractivity (Wildman–Crippen MR) is 30.7 cm³/mol. The molecule has 1 atom stereocenters. The van der Waals surface area contributed by atoms with Crippen molar-refractivity contribution in [1.82, 2.24) is 5.43 Å². The molecule has 0 bridgehead atoms. The zero-order valence-corrected chi connectivity index (χ0v) is 4.72. The Morgan fingerprint density at radius 2 is 2.75 bits per heavy atom. The molecule has 1 N–H and O–H groups in total. The Morgan fingerprint density at radius 1 is 2.00 bits per heavy atom. The second kappa shape index (κ2) is 1.94. The molecule has 0 aliphatic carbocycles. The van der Waals surface area contributed by atoms with E-state index in [-0.39, 0.29) is 11.7 Å². The summed E-state index contributed by atoms with van der Waals surface area (Å²) in [6.07, 6.45) is 1.64. The first kappa shape index (κ1) is 5.28. The van der Waals surface area contributed by atoms with Crippen molar-refractivity contribution < 1.29 is 4.79 Å². The fraction of sp³-hybridized carbons (Fsp3) is 0.600. The van der Waals surface area contributed by atoms with Crippen molar-refractivity contribution in [2.45, 2.75) is 6.92 Å². The second-order valence-corrected chi connectivity index (χ2v) is 1.86. The van der Waals surface area contributed by atoms with Crippen molar-refractivity contribution in [3.05, 3.63) is 0 Å². The minimum atomic E-state index is 0.0231. The van der Waals surface area contributed by atoms with E-state index in [2.05, 4.69) is 10.5 Å². The highest BCUT2D eigenvalue weighted by molar-refractivity contribution is 5.94. The maximum Gasteiger partial charge on any atom is 0.140 e. The molecule has 3 heteroatoms. The molecule has 1 rings (SSSR count). The number of ketones is 1. The average Bonchev–Trinajstić information content (AvgIpc) is 2.12. The molecule has 1 aliphatic rings. The molecule has 0 fully saturated rings. The number of nitrogens with one attached hydrogen (secondary N) is 1. The molecule has 0 radical (unpaired) electrons. The van der Waals surface area contributed by atoms with Gasteiger partial charge in [0.15, 0.2) is 0 Å². The van der Waals surface area contributed by atoms with E-state index in [0.29, 0.717) is 6.54 Å². The van der Waals surface area contributed by atoms with Crippen LogP contribution in [0.4, 0.5) is 0 Å². The summed E-state index contributed by atoms with van der Waals surface area (Å²) in [7, 11) is 0. The lowest BCUT2D eigenvalue weighted by Gasteiger charge is -1.95. The predicted octanol–water partition coefficient (Wildman–Crippen LogP) is -0.219. The van der Waals surface area contributed by atoms with Crippen molar-refractivity contribution in [3.63, 3.8) is 0 Å². The lowest BCUT2D eigenvalue weighted by Crippen LogP contribution is -2.17. The van der Waals surface area contributed by atoms with E-state index >= 15 is 0 Å². The molecule has 0 aromatic rings. The Morgan fingerprint density at radius 3 is 3.00 bits per heavy atom. The van der Waals surface area contributed by atoms with Gasteiger partial charge in [-0.3, -0.25) is 4.79 Å². The van der Waals surface area contributed by atoms with E-state index in [1.807, 2.05) is 0 Å². The van der Waals surface area contributed by atoms with E-state index in [9.17, 15) is 4.79 Å². The molecule has 8 heavy (non-hydrogen) atoms. The minimum absolute atomic E-state index is 0.0231. The van der Waals surface area contributed by atoms with Gasteiger partial charge < -0.3 is 5.43 Å². The first-order valence-electron chi connectivity index (χ1n) is 2.57. The smallest absolute Gasteiger partial charge is 0.140 e. The Balaban J connectivity index is 2.48. The van der Waals surface area contributed by atoms with Crippen LogP contribution in [-0.2, 0) is 4.79 Å². The third-order valence-electron chi connectivity index (χ3n) is 1.18. The van der Waals surface area contributed by atoms with Crippen LogP contribution in [0.15, 0.2) is 5.10 Å². The highest BCUT2D eigenvalue weighted by Crippen LogP contribution is 1.96. The van der Waals surface area contributed by atoms with Crippen LogP contribution in [0.2, 0.25) is 0 Å². The molecule has 1 heterocycles. The third-order valence-corrected chi connectivity index (χ3v) is 1.18. The summed E-state index contributed by atoms with van der Waals surface area (Å²) < 4.78 is 0. The maximum atomic E-state index is 10.5. The van der Waals surface area contributed by atoms with Gasteiger partial charge in [0.05, 0.1) is 5.92 Å². The first-order valence-corrected chi connectivity index (χ1v) is 2.57. The Labute approximate surface area is 47.8 Å². The van der Waals surface area contributed by atoms with Gasteiger partial charge in [-0.15, -0.1) is 0 Å². The maximum absolute atomic E-state index is 10.5. The number of carbonyl (C=O) groups excluding carboxylic acids is 1. The van der Waals surface area contributed by atoms with Crippen molar-refractivity contribution in [1.29, 1.82) is 0 Å². The van der Waals surface area contributed by atoms with Crippen LogP contribution in [0.25, 0.3) is 0 Å². The number of Topliss-reactive ketones (excluding diaryl/α,β-unsaturated/α-hetero) is 1. The number of carbonyl (C=O) groups is 1. The van der Waals surface area contributed by atoms with Crippen LogP contribution in [0.3, 0.4) is 0 Å². The summed E-state index contributed by atoms with van der Waals surface area (Å²) in [6.45, 7) is 2.25. The van der Waals surface area contributed by atoms with Gasteiger partial charge in [0, 0.05) is 12.8 Å². The average molecular weight is 112 g/mol. The van der Waals surface area contributed by atoms with Gasteiger partial charge in [0.2, 0.25) is 0 Å². The van der Waals surface area contributed by atoms with Gasteiger partial charge in [0.1, 0.15) is 5.78 Å². The molecule has 0 spiro atoms.